The van der Waals surface area contributed by atoms with E-state index < -0.39 is 0 Å². The van der Waals surface area contributed by atoms with E-state index in [1.807, 2.05) is 29.2 Å². The van der Waals surface area contributed by atoms with Crippen LogP contribution in [0.1, 0.15) is 6.92 Å². The molecule has 0 aliphatic heterocycles. The van der Waals surface area contributed by atoms with Gasteiger partial charge in [0.25, 0.3) is 0 Å². The second kappa shape index (κ2) is 1.87. The van der Waals surface area contributed by atoms with Gasteiger partial charge >= 0.3 is 0 Å². The number of aryl methyl sites for hydroxylation is 1. The molecule has 0 spiro atoms. The van der Waals surface area contributed by atoms with E-state index in [4.69, 9.17) is 0 Å². The Morgan fingerprint density at radius 1 is 1.50 bits per heavy atom. The molecule has 3 nitrogen and oxygen atoms in total. The maximum atomic E-state index is 4.13. The first-order valence-corrected chi connectivity index (χ1v) is 3.40. The Morgan fingerprint density at radius 2 is 2.40 bits per heavy atom. The summed E-state index contributed by atoms with van der Waals surface area (Å²) in [6, 6.07) is 2.00. The second-order valence-electron chi connectivity index (χ2n) is 2.20. The molecule has 0 aliphatic rings. The summed E-state index contributed by atoms with van der Waals surface area (Å²) in [6.45, 7) is 3.10. The minimum Gasteiger partial charge on any atom is -0.287 e. The van der Waals surface area contributed by atoms with Crippen LogP contribution in [0.25, 0.3) is 5.65 Å². The van der Waals surface area contributed by atoms with E-state index in [-0.39, 0.29) is 0 Å². The van der Waals surface area contributed by atoms with Gasteiger partial charge in [0.05, 0.1) is 0 Å². The van der Waals surface area contributed by atoms with Gasteiger partial charge in [0.15, 0.2) is 5.65 Å². The fraction of sp³-hybridized carbons (Fsp3) is 0.286. The number of hydrogen-bond donors (Lipinski definition) is 0. The molecule has 0 aromatic carbocycles. The van der Waals surface area contributed by atoms with E-state index in [1.54, 1.807) is 0 Å². The molecule has 0 aliphatic carbocycles. The zero-order valence-electron chi connectivity index (χ0n) is 5.86. The number of aromatic nitrogens is 3. The standard InChI is InChI=1S/C7H9N3/c1-2-9-5-3-7-8-4-6-10(7)9/h3-6H,2H2,1H3. The predicted molar refractivity (Wildman–Crippen MR) is 38.9 cm³/mol. The van der Waals surface area contributed by atoms with Gasteiger partial charge in [-0.3, -0.25) is 4.68 Å². The Morgan fingerprint density at radius 3 is 3.20 bits per heavy atom. The first kappa shape index (κ1) is 5.53. The van der Waals surface area contributed by atoms with Gasteiger partial charge in [0, 0.05) is 31.2 Å². The largest absolute Gasteiger partial charge is 0.287 e. The van der Waals surface area contributed by atoms with Crippen molar-refractivity contribution in [3.63, 3.8) is 0 Å². The predicted octanol–water partition coefficient (Wildman–Crippen LogP) is 1.16. The lowest BCUT2D eigenvalue weighted by Gasteiger charge is -1.97. The Labute approximate surface area is 58.9 Å². The van der Waals surface area contributed by atoms with Gasteiger partial charge in [-0.25, -0.2) is 9.50 Å². The zero-order chi connectivity index (χ0) is 6.97. The number of fused-ring (bicyclic) bond motifs is 1. The maximum absolute atomic E-state index is 4.13. The van der Waals surface area contributed by atoms with Crippen molar-refractivity contribution in [1.29, 1.82) is 0 Å². The van der Waals surface area contributed by atoms with Crippen molar-refractivity contribution in [1.82, 2.24) is 14.2 Å². The third-order valence-electron chi connectivity index (χ3n) is 1.65. The molecule has 0 amide bonds. The fourth-order valence-electron chi connectivity index (χ4n) is 1.13. The lowest BCUT2D eigenvalue weighted by Crippen LogP contribution is -1.99. The number of nitrogens with zero attached hydrogens (tertiary/aromatic N) is 3. The van der Waals surface area contributed by atoms with Gasteiger partial charge in [-0.05, 0) is 6.92 Å². The highest BCUT2D eigenvalue weighted by Crippen LogP contribution is 2.00. The second-order valence-corrected chi connectivity index (χ2v) is 2.20. The Balaban J connectivity index is 2.76. The average molecular weight is 135 g/mol. The van der Waals surface area contributed by atoms with Crippen LogP contribution in [0.2, 0.25) is 0 Å². The summed E-state index contributed by atoms with van der Waals surface area (Å²) in [5.74, 6) is 0. The molecule has 0 N–H and O–H groups in total. The molecule has 0 bridgehead atoms. The summed E-state index contributed by atoms with van der Waals surface area (Å²) < 4.78 is 4.13. The van der Waals surface area contributed by atoms with Crippen molar-refractivity contribution < 1.29 is 0 Å². The van der Waals surface area contributed by atoms with Gasteiger partial charge in [-0.2, -0.15) is 0 Å². The highest BCUT2D eigenvalue weighted by Gasteiger charge is 1.95. The van der Waals surface area contributed by atoms with Crippen LogP contribution in [-0.4, -0.2) is 14.2 Å². The lowest BCUT2D eigenvalue weighted by atomic mass is 10.7. The van der Waals surface area contributed by atoms with Crippen molar-refractivity contribution >= 4 is 5.65 Å². The van der Waals surface area contributed by atoms with Crippen LogP contribution in [0.3, 0.4) is 0 Å². The molecule has 2 rings (SSSR count). The van der Waals surface area contributed by atoms with E-state index in [2.05, 4.69) is 16.6 Å². The van der Waals surface area contributed by atoms with E-state index >= 15 is 0 Å². The van der Waals surface area contributed by atoms with E-state index in [0.29, 0.717) is 0 Å². The summed E-state index contributed by atoms with van der Waals surface area (Å²) in [6.07, 6.45) is 5.79. The molecule has 0 atom stereocenters. The van der Waals surface area contributed by atoms with Crippen molar-refractivity contribution in [3.05, 3.63) is 24.7 Å². The SMILES string of the molecule is CCn1ccc2nccn21. The highest BCUT2D eigenvalue weighted by molar-refractivity contribution is 5.35. The Bertz CT molecular complexity index is 331. The van der Waals surface area contributed by atoms with E-state index in [1.165, 1.54) is 0 Å². The molecule has 0 radical (unpaired) electrons. The van der Waals surface area contributed by atoms with Crippen molar-refractivity contribution in [3.8, 4) is 0 Å². The minimum atomic E-state index is 0.986. The molecule has 2 aromatic heterocycles. The third kappa shape index (κ3) is 0.572. The van der Waals surface area contributed by atoms with Gasteiger partial charge < -0.3 is 0 Å². The summed E-state index contributed by atoms with van der Waals surface area (Å²) in [5, 5.41) is 0. The first-order valence-electron chi connectivity index (χ1n) is 3.40. The number of hydrogen-bond acceptors (Lipinski definition) is 1. The molecular weight excluding hydrogens is 126 g/mol. The molecule has 2 heterocycles. The zero-order valence-corrected chi connectivity index (χ0v) is 5.86. The fourth-order valence-corrected chi connectivity index (χ4v) is 1.13. The topological polar surface area (TPSA) is 22.2 Å². The van der Waals surface area contributed by atoms with Gasteiger partial charge in [0.1, 0.15) is 0 Å². The highest BCUT2D eigenvalue weighted by atomic mass is 15.4. The summed E-state index contributed by atoms with van der Waals surface area (Å²) >= 11 is 0. The van der Waals surface area contributed by atoms with Crippen LogP contribution in [0.4, 0.5) is 0 Å². The van der Waals surface area contributed by atoms with Crippen LogP contribution in [0, 0.1) is 0 Å². The lowest BCUT2D eigenvalue weighted by molar-refractivity contribution is 0.618. The summed E-state index contributed by atoms with van der Waals surface area (Å²) in [7, 11) is 0. The van der Waals surface area contributed by atoms with Crippen molar-refractivity contribution in [2.24, 2.45) is 0 Å². The Hall–Kier alpha value is -1.25. The monoisotopic (exact) mass is 135 g/mol. The smallest absolute Gasteiger partial charge is 0.152 e. The Kier molecular flexibility index (Phi) is 1.03. The first-order chi connectivity index (χ1) is 4.92. The summed E-state index contributed by atoms with van der Waals surface area (Å²) in [4.78, 5) is 4.13. The van der Waals surface area contributed by atoms with Crippen LogP contribution in [0.15, 0.2) is 24.7 Å². The number of imidazole rings is 1. The molecule has 52 valence electrons. The molecule has 0 saturated heterocycles. The third-order valence-corrected chi connectivity index (χ3v) is 1.65. The van der Waals surface area contributed by atoms with Gasteiger partial charge in [-0.15, -0.1) is 0 Å². The summed E-state index contributed by atoms with van der Waals surface area (Å²) in [5.41, 5.74) is 1.02. The van der Waals surface area contributed by atoms with Gasteiger partial charge in [0.2, 0.25) is 0 Å². The van der Waals surface area contributed by atoms with Crippen molar-refractivity contribution in [2.45, 2.75) is 13.5 Å². The molecule has 0 fully saturated rings. The van der Waals surface area contributed by atoms with Crippen LogP contribution < -0.4 is 0 Å². The normalized spacial score (nSPS) is 10.9. The quantitative estimate of drug-likeness (QED) is 0.575. The van der Waals surface area contributed by atoms with Crippen molar-refractivity contribution in [2.75, 3.05) is 0 Å². The van der Waals surface area contributed by atoms with Crippen LogP contribution in [-0.2, 0) is 6.54 Å². The van der Waals surface area contributed by atoms with Crippen LogP contribution >= 0.6 is 0 Å². The molecular formula is C7H9N3. The maximum Gasteiger partial charge on any atom is 0.152 e. The molecule has 3 heteroatoms. The van der Waals surface area contributed by atoms with Crippen LogP contribution in [0.5, 0.6) is 0 Å². The molecule has 10 heavy (non-hydrogen) atoms. The van der Waals surface area contributed by atoms with E-state index in [0.717, 1.165) is 12.2 Å². The van der Waals surface area contributed by atoms with Gasteiger partial charge in [-0.1, -0.05) is 0 Å². The number of rotatable bonds is 1. The minimum absolute atomic E-state index is 0.986. The average Bonchev–Trinajstić information content (AvgIpc) is 2.44. The van der Waals surface area contributed by atoms with E-state index in [9.17, 15) is 0 Å². The molecule has 0 saturated carbocycles. The molecule has 2 aromatic rings. The molecule has 0 unspecified atom stereocenters.